The van der Waals surface area contributed by atoms with Crippen LogP contribution in [0.5, 0.6) is 0 Å². The summed E-state index contributed by atoms with van der Waals surface area (Å²) in [4.78, 5) is 16.3. The fourth-order valence-electron chi connectivity index (χ4n) is 6.18. The number of rotatable bonds is 1. The van der Waals surface area contributed by atoms with Crippen molar-refractivity contribution in [3.8, 4) is 0 Å². The summed E-state index contributed by atoms with van der Waals surface area (Å²) in [5.74, 6) is 1.47. The first-order valence-corrected chi connectivity index (χ1v) is 11.8. The third kappa shape index (κ3) is 2.11. The van der Waals surface area contributed by atoms with Gasteiger partial charge in [0.1, 0.15) is 5.60 Å². The molecule has 1 aromatic heterocycles. The van der Waals surface area contributed by atoms with Gasteiger partial charge in [0.25, 0.3) is 0 Å². The molecular weight excluding hydrogens is 390 g/mol. The Morgan fingerprint density at radius 3 is 2.97 bits per heavy atom. The predicted molar refractivity (Wildman–Crippen MR) is 118 cm³/mol. The highest BCUT2D eigenvalue weighted by Crippen LogP contribution is 2.60. The highest BCUT2D eigenvalue weighted by molar-refractivity contribution is 7.10. The molecule has 1 saturated carbocycles. The predicted octanol–water partition coefficient (Wildman–Crippen LogP) is 5.37. The van der Waals surface area contributed by atoms with Gasteiger partial charge in [0.15, 0.2) is 5.72 Å². The van der Waals surface area contributed by atoms with E-state index in [2.05, 4.69) is 66.1 Å². The first-order valence-electron chi connectivity index (χ1n) is 10.9. The van der Waals surface area contributed by atoms with Crippen molar-refractivity contribution < 1.29 is 9.53 Å². The molecule has 30 heavy (non-hydrogen) atoms. The molecule has 1 spiro atoms. The van der Waals surface area contributed by atoms with E-state index in [1.165, 1.54) is 28.7 Å². The van der Waals surface area contributed by atoms with Crippen LogP contribution in [0, 0.1) is 11.8 Å². The molecular formula is C26H23NO2S. The monoisotopic (exact) mass is 413 g/mol. The van der Waals surface area contributed by atoms with Crippen molar-refractivity contribution >= 4 is 23.3 Å². The van der Waals surface area contributed by atoms with Gasteiger partial charge in [-0.3, -0.25) is 4.79 Å². The van der Waals surface area contributed by atoms with Crippen molar-refractivity contribution in [3.05, 3.63) is 87.2 Å². The molecule has 4 atom stereocenters. The fraction of sp³-hybridized carbons (Fsp3) is 0.346. The molecule has 1 aromatic carbocycles. The minimum atomic E-state index is -0.639. The second kappa shape index (κ2) is 5.83. The van der Waals surface area contributed by atoms with Gasteiger partial charge in [-0.2, -0.15) is 0 Å². The van der Waals surface area contributed by atoms with Gasteiger partial charge in [0.05, 0.1) is 11.4 Å². The lowest BCUT2D eigenvalue weighted by molar-refractivity contribution is -0.145. The lowest BCUT2D eigenvalue weighted by Crippen LogP contribution is -2.38. The largest absolute Gasteiger partial charge is 0.333 e. The third-order valence-electron chi connectivity index (χ3n) is 7.66. The summed E-state index contributed by atoms with van der Waals surface area (Å²) in [6.07, 6.45) is 12.7. The minimum absolute atomic E-state index is 0.213. The first kappa shape index (κ1) is 17.3. The first-order chi connectivity index (χ1) is 14.7. The van der Waals surface area contributed by atoms with Crippen molar-refractivity contribution in [1.82, 2.24) is 4.90 Å². The van der Waals surface area contributed by atoms with Crippen molar-refractivity contribution in [2.75, 3.05) is 6.54 Å². The van der Waals surface area contributed by atoms with Gasteiger partial charge < -0.3 is 9.64 Å². The van der Waals surface area contributed by atoms with Crippen molar-refractivity contribution in [3.63, 3.8) is 0 Å². The van der Waals surface area contributed by atoms with E-state index in [0.29, 0.717) is 24.8 Å². The maximum absolute atomic E-state index is 13.1. The molecule has 3 nitrogen and oxygen atoms in total. The molecule has 0 bridgehead atoms. The third-order valence-corrected chi connectivity index (χ3v) is 8.67. The summed E-state index contributed by atoms with van der Waals surface area (Å²) in [5, 5.41) is 2.09. The van der Waals surface area contributed by atoms with E-state index in [9.17, 15) is 4.79 Å². The van der Waals surface area contributed by atoms with Gasteiger partial charge in [-0.25, -0.2) is 0 Å². The molecule has 2 aliphatic heterocycles. The van der Waals surface area contributed by atoms with Gasteiger partial charge in [0, 0.05) is 12.8 Å². The Balaban J connectivity index is 1.49. The summed E-state index contributed by atoms with van der Waals surface area (Å²) in [5.41, 5.74) is 4.00. The summed E-state index contributed by atoms with van der Waals surface area (Å²) < 4.78 is 7.30. The fourth-order valence-corrected chi connectivity index (χ4v) is 7.08. The van der Waals surface area contributed by atoms with E-state index in [1.54, 1.807) is 11.3 Å². The van der Waals surface area contributed by atoms with Gasteiger partial charge in [-0.05, 0) is 58.4 Å². The molecule has 3 aliphatic carbocycles. The molecule has 0 N–H and O–H groups in total. The Morgan fingerprint density at radius 2 is 2.07 bits per heavy atom. The van der Waals surface area contributed by atoms with Crippen LogP contribution in [0.25, 0.3) is 6.08 Å². The summed E-state index contributed by atoms with van der Waals surface area (Å²) in [6, 6.07) is 12.8. The zero-order valence-electron chi connectivity index (χ0n) is 16.7. The second-order valence-corrected chi connectivity index (χ2v) is 10.1. The minimum Gasteiger partial charge on any atom is -0.333 e. The topological polar surface area (TPSA) is 29.5 Å². The summed E-state index contributed by atoms with van der Waals surface area (Å²) in [7, 11) is 0. The Hall–Kier alpha value is -2.43. The Kier molecular flexibility index (Phi) is 3.36. The number of fused-ring (bicyclic) bond motifs is 6. The molecule has 1 amide bonds. The number of hydrogen-bond acceptors (Lipinski definition) is 3. The van der Waals surface area contributed by atoms with Gasteiger partial charge in [0.2, 0.25) is 5.91 Å². The summed E-state index contributed by atoms with van der Waals surface area (Å²) >= 11 is 1.70. The number of ether oxygens (including phenoxy) is 1. The maximum atomic E-state index is 13.1. The average Bonchev–Trinajstić information content (AvgIpc) is 3.07. The molecule has 150 valence electrons. The van der Waals surface area contributed by atoms with Crippen LogP contribution in [0.4, 0.5) is 0 Å². The van der Waals surface area contributed by atoms with Gasteiger partial charge in [-0.15, -0.1) is 11.3 Å². The molecule has 3 fully saturated rings. The van der Waals surface area contributed by atoms with E-state index >= 15 is 0 Å². The highest BCUT2D eigenvalue weighted by Gasteiger charge is 2.63. The number of carbonyl (C=O) groups excluding carboxylic acids is 1. The molecule has 5 aliphatic rings. The van der Waals surface area contributed by atoms with E-state index in [1.807, 2.05) is 4.90 Å². The van der Waals surface area contributed by atoms with Gasteiger partial charge >= 0.3 is 0 Å². The lowest BCUT2D eigenvalue weighted by atomic mass is 9.80. The Morgan fingerprint density at radius 1 is 1.13 bits per heavy atom. The van der Waals surface area contributed by atoms with Crippen LogP contribution in [0.1, 0.15) is 41.7 Å². The molecule has 0 radical (unpaired) electrons. The SMILES string of the molecule is O=C1CCC2(c3cccs3)OC3(CN12)C1=C(C=Cc2ccccc23)C2CC2C=CC1. The molecule has 4 heteroatoms. The number of nitrogens with zero attached hydrogens (tertiary/aromatic N) is 1. The zero-order chi connectivity index (χ0) is 19.9. The van der Waals surface area contributed by atoms with Crippen LogP contribution < -0.4 is 0 Å². The quantitative estimate of drug-likeness (QED) is 0.589. The van der Waals surface area contributed by atoms with Crippen LogP contribution in [0.3, 0.4) is 0 Å². The number of benzene rings is 1. The van der Waals surface area contributed by atoms with E-state index < -0.39 is 11.3 Å². The van der Waals surface area contributed by atoms with Gasteiger partial charge in [-0.1, -0.05) is 54.6 Å². The van der Waals surface area contributed by atoms with Crippen LogP contribution in [0.2, 0.25) is 0 Å². The molecule has 3 heterocycles. The number of allylic oxidation sites excluding steroid dienone is 4. The Labute approximate surface area is 180 Å². The van der Waals surface area contributed by atoms with Crippen molar-refractivity contribution in [2.24, 2.45) is 11.8 Å². The normalized spacial score (nSPS) is 35.7. The van der Waals surface area contributed by atoms with E-state index in [0.717, 1.165) is 17.7 Å². The van der Waals surface area contributed by atoms with E-state index in [-0.39, 0.29) is 5.91 Å². The van der Waals surface area contributed by atoms with Crippen molar-refractivity contribution in [1.29, 1.82) is 0 Å². The second-order valence-electron chi connectivity index (χ2n) is 9.16. The molecule has 7 rings (SSSR count). The number of amides is 1. The molecule has 2 aromatic rings. The standard InChI is InChI=1S/C26H23NO2S/c28-24-12-13-26(23-9-4-14-30-23)27(24)16-25(29-26)21-7-2-1-5-17(21)10-11-19-20-15-18(20)6-3-8-22(19)25/h1-7,9-11,14,18,20H,8,12-13,15-16H2. The van der Waals surface area contributed by atoms with Crippen LogP contribution in [-0.2, 0) is 20.9 Å². The number of carbonyl (C=O) groups is 1. The summed E-state index contributed by atoms with van der Waals surface area (Å²) in [6.45, 7) is 0.604. The smallest absolute Gasteiger partial charge is 0.225 e. The number of thiophene rings is 1. The van der Waals surface area contributed by atoms with Crippen LogP contribution in [0.15, 0.2) is 71.2 Å². The van der Waals surface area contributed by atoms with Crippen LogP contribution >= 0.6 is 11.3 Å². The van der Waals surface area contributed by atoms with Crippen molar-refractivity contribution in [2.45, 2.75) is 37.0 Å². The number of hydrogen-bond donors (Lipinski definition) is 0. The zero-order valence-corrected chi connectivity index (χ0v) is 17.5. The van der Waals surface area contributed by atoms with E-state index in [4.69, 9.17) is 4.74 Å². The van der Waals surface area contributed by atoms with Crippen LogP contribution in [-0.4, -0.2) is 17.4 Å². The molecule has 2 saturated heterocycles. The molecule has 4 unspecified atom stereocenters. The highest BCUT2D eigenvalue weighted by atomic mass is 32.1. The lowest BCUT2D eigenvalue weighted by Gasteiger charge is -2.36. The Bertz CT molecular complexity index is 1160. The maximum Gasteiger partial charge on any atom is 0.225 e. The average molecular weight is 414 g/mol.